The number of nitrogens with zero attached hydrogens (tertiary/aromatic N) is 4. The summed E-state index contributed by atoms with van der Waals surface area (Å²) in [5, 5.41) is 0. The van der Waals surface area contributed by atoms with Gasteiger partial charge in [0.05, 0.1) is 5.41 Å². The van der Waals surface area contributed by atoms with Crippen molar-refractivity contribution < 1.29 is 14.4 Å². The van der Waals surface area contributed by atoms with Crippen LogP contribution in [0.2, 0.25) is 0 Å². The number of rotatable bonds is 3. The Balaban J connectivity index is 1.45. The van der Waals surface area contributed by atoms with E-state index in [2.05, 4.69) is 6.58 Å². The van der Waals surface area contributed by atoms with E-state index in [1.54, 1.807) is 4.90 Å². The van der Waals surface area contributed by atoms with E-state index >= 15 is 0 Å². The Labute approximate surface area is 190 Å². The Morgan fingerprint density at radius 3 is 1.88 bits per heavy atom. The molecule has 0 radical (unpaired) electrons. The lowest BCUT2D eigenvalue weighted by atomic mass is 9.71. The fourth-order valence-electron chi connectivity index (χ4n) is 5.31. The predicted octanol–water partition coefficient (Wildman–Crippen LogP) is 2.48. The van der Waals surface area contributed by atoms with Crippen molar-refractivity contribution in [1.82, 2.24) is 19.6 Å². The van der Waals surface area contributed by atoms with Crippen molar-refractivity contribution in [2.24, 2.45) is 0 Å². The number of piperidine rings is 2. The van der Waals surface area contributed by atoms with Crippen LogP contribution >= 0.6 is 0 Å². The molecule has 0 aliphatic carbocycles. The second-order valence-corrected chi connectivity index (χ2v) is 9.09. The highest BCUT2D eigenvalue weighted by atomic mass is 16.2. The van der Waals surface area contributed by atoms with E-state index < -0.39 is 5.41 Å². The highest BCUT2D eigenvalue weighted by Gasteiger charge is 2.46. The fraction of sp³-hybridized carbons (Fsp3) is 0.560. The van der Waals surface area contributed by atoms with Crippen LogP contribution in [0, 0.1) is 0 Å². The number of carbonyl (C=O) groups is 3. The number of amides is 4. The largest absolute Gasteiger partial charge is 0.339 e. The van der Waals surface area contributed by atoms with Gasteiger partial charge in [-0.15, -0.1) is 0 Å². The molecule has 172 valence electrons. The van der Waals surface area contributed by atoms with Crippen LogP contribution in [0.25, 0.3) is 0 Å². The second kappa shape index (κ2) is 9.76. The third-order valence-electron chi connectivity index (χ3n) is 7.30. The van der Waals surface area contributed by atoms with E-state index in [9.17, 15) is 14.4 Å². The van der Waals surface area contributed by atoms with Gasteiger partial charge in [0.1, 0.15) is 0 Å². The summed E-state index contributed by atoms with van der Waals surface area (Å²) in [6.07, 6.45) is 5.90. The maximum Gasteiger partial charge on any atom is 0.320 e. The quantitative estimate of drug-likeness (QED) is 0.681. The summed E-state index contributed by atoms with van der Waals surface area (Å²) in [5.41, 5.74) is 0.389. The molecule has 4 rings (SSSR count). The zero-order chi connectivity index (χ0) is 22.6. The number of likely N-dealkylation sites (tertiary alicyclic amines) is 2. The Kier molecular flexibility index (Phi) is 6.82. The van der Waals surface area contributed by atoms with E-state index in [-0.39, 0.29) is 17.8 Å². The van der Waals surface area contributed by atoms with Crippen molar-refractivity contribution in [1.29, 1.82) is 0 Å². The van der Waals surface area contributed by atoms with Gasteiger partial charge in [-0.25, -0.2) is 4.79 Å². The standard InChI is InChI=1S/C25H34N4O3/c1-2-22(30)26-15-11-25(12-16-26,21-9-5-3-6-10-21)23(31)27-17-19-29(20-18-27)24(32)28-13-7-4-8-14-28/h2-3,5-6,9-10H,1,4,7-8,11-20H2. The highest BCUT2D eigenvalue weighted by molar-refractivity contribution is 5.90. The zero-order valence-corrected chi connectivity index (χ0v) is 18.9. The Bertz CT molecular complexity index is 834. The van der Waals surface area contributed by atoms with Gasteiger partial charge < -0.3 is 19.6 Å². The molecule has 4 amide bonds. The molecule has 3 aliphatic rings. The van der Waals surface area contributed by atoms with Crippen LogP contribution in [0.4, 0.5) is 4.79 Å². The Morgan fingerprint density at radius 1 is 0.719 bits per heavy atom. The minimum atomic E-state index is -0.627. The monoisotopic (exact) mass is 438 g/mol. The molecule has 3 aliphatic heterocycles. The van der Waals surface area contributed by atoms with Gasteiger partial charge >= 0.3 is 6.03 Å². The summed E-state index contributed by atoms with van der Waals surface area (Å²) in [6.45, 7) is 8.63. The number of hydrogen-bond donors (Lipinski definition) is 0. The summed E-state index contributed by atoms with van der Waals surface area (Å²) in [5.74, 6) is 0.0448. The van der Waals surface area contributed by atoms with Crippen molar-refractivity contribution in [3.63, 3.8) is 0 Å². The van der Waals surface area contributed by atoms with Crippen molar-refractivity contribution >= 4 is 17.8 Å². The molecule has 0 atom stereocenters. The molecule has 3 fully saturated rings. The van der Waals surface area contributed by atoms with Crippen LogP contribution in [-0.2, 0) is 15.0 Å². The third kappa shape index (κ3) is 4.38. The average Bonchev–Trinajstić information content (AvgIpc) is 2.88. The normalized spacial score (nSPS) is 21.2. The second-order valence-electron chi connectivity index (χ2n) is 9.09. The first-order valence-corrected chi connectivity index (χ1v) is 11.9. The molecular weight excluding hydrogens is 404 g/mol. The van der Waals surface area contributed by atoms with E-state index in [4.69, 9.17) is 0 Å². The smallest absolute Gasteiger partial charge is 0.320 e. The average molecular weight is 439 g/mol. The lowest BCUT2D eigenvalue weighted by molar-refractivity contribution is -0.143. The summed E-state index contributed by atoms with van der Waals surface area (Å²) in [7, 11) is 0. The highest BCUT2D eigenvalue weighted by Crippen LogP contribution is 2.38. The third-order valence-corrected chi connectivity index (χ3v) is 7.30. The van der Waals surface area contributed by atoms with Gasteiger partial charge in [0, 0.05) is 52.4 Å². The molecule has 1 aromatic rings. The number of carbonyl (C=O) groups excluding carboxylic acids is 3. The Hall–Kier alpha value is -2.83. The van der Waals surface area contributed by atoms with E-state index in [0.29, 0.717) is 52.1 Å². The minimum Gasteiger partial charge on any atom is -0.339 e. The van der Waals surface area contributed by atoms with Crippen molar-refractivity contribution in [3.05, 3.63) is 48.6 Å². The van der Waals surface area contributed by atoms with Crippen LogP contribution < -0.4 is 0 Å². The first-order chi connectivity index (χ1) is 15.5. The van der Waals surface area contributed by atoms with Crippen LogP contribution in [0.3, 0.4) is 0 Å². The molecule has 32 heavy (non-hydrogen) atoms. The van der Waals surface area contributed by atoms with Gasteiger partial charge in [0.15, 0.2) is 0 Å². The summed E-state index contributed by atoms with van der Waals surface area (Å²) in [4.78, 5) is 46.4. The molecule has 3 heterocycles. The topological polar surface area (TPSA) is 64.2 Å². The lowest BCUT2D eigenvalue weighted by Gasteiger charge is -2.45. The first kappa shape index (κ1) is 22.4. The molecule has 0 N–H and O–H groups in total. The molecule has 7 nitrogen and oxygen atoms in total. The minimum absolute atomic E-state index is 0.0797. The molecule has 1 aromatic carbocycles. The van der Waals surface area contributed by atoms with Crippen molar-refractivity contribution in [2.75, 3.05) is 52.4 Å². The van der Waals surface area contributed by atoms with Crippen LogP contribution in [0.5, 0.6) is 0 Å². The molecule has 7 heteroatoms. The number of hydrogen-bond acceptors (Lipinski definition) is 3. The van der Waals surface area contributed by atoms with Gasteiger partial charge in [-0.05, 0) is 43.7 Å². The maximum atomic E-state index is 13.9. The molecule has 0 saturated carbocycles. The van der Waals surface area contributed by atoms with Crippen LogP contribution in [0.15, 0.2) is 43.0 Å². The lowest BCUT2D eigenvalue weighted by Crippen LogP contribution is -2.59. The summed E-state index contributed by atoms with van der Waals surface area (Å²) >= 11 is 0. The SMILES string of the molecule is C=CC(=O)N1CCC(C(=O)N2CCN(C(=O)N3CCCCC3)CC2)(c2ccccc2)CC1. The predicted molar refractivity (Wildman–Crippen MR) is 123 cm³/mol. The summed E-state index contributed by atoms with van der Waals surface area (Å²) in [6, 6.07) is 10.1. The van der Waals surface area contributed by atoms with Gasteiger partial charge in [0.25, 0.3) is 0 Å². The van der Waals surface area contributed by atoms with Gasteiger partial charge in [0.2, 0.25) is 11.8 Å². The van der Waals surface area contributed by atoms with Gasteiger partial charge in [-0.2, -0.15) is 0 Å². The number of benzene rings is 1. The molecule has 0 bridgehead atoms. The molecule has 3 saturated heterocycles. The number of urea groups is 1. The molecular formula is C25H34N4O3. The van der Waals surface area contributed by atoms with Crippen molar-refractivity contribution in [3.8, 4) is 0 Å². The van der Waals surface area contributed by atoms with E-state index in [1.807, 2.05) is 45.0 Å². The maximum absolute atomic E-state index is 13.9. The van der Waals surface area contributed by atoms with Crippen LogP contribution in [-0.4, -0.2) is 89.8 Å². The summed E-state index contributed by atoms with van der Waals surface area (Å²) < 4.78 is 0. The molecule has 0 unspecified atom stereocenters. The molecule has 0 spiro atoms. The zero-order valence-electron chi connectivity index (χ0n) is 18.9. The Morgan fingerprint density at radius 2 is 1.28 bits per heavy atom. The fourth-order valence-corrected chi connectivity index (χ4v) is 5.31. The van der Waals surface area contributed by atoms with Gasteiger partial charge in [-0.3, -0.25) is 9.59 Å². The van der Waals surface area contributed by atoms with Crippen LogP contribution in [0.1, 0.15) is 37.7 Å². The van der Waals surface area contributed by atoms with E-state index in [0.717, 1.165) is 31.5 Å². The van der Waals surface area contributed by atoms with Gasteiger partial charge in [-0.1, -0.05) is 36.9 Å². The van der Waals surface area contributed by atoms with E-state index in [1.165, 1.54) is 12.5 Å². The molecule has 0 aromatic heterocycles. The first-order valence-electron chi connectivity index (χ1n) is 11.9. The van der Waals surface area contributed by atoms with Crippen molar-refractivity contribution in [2.45, 2.75) is 37.5 Å². The number of piperazine rings is 1.